The Morgan fingerprint density at radius 3 is 2.75 bits per heavy atom. The lowest BCUT2D eigenvalue weighted by Crippen LogP contribution is -2.32. The Morgan fingerprint density at radius 2 is 2.00 bits per heavy atom. The minimum absolute atomic E-state index is 0.0915. The summed E-state index contributed by atoms with van der Waals surface area (Å²) in [4.78, 5) is 3.27. The van der Waals surface area contributed by atoms with Crippen LogP contribution in [0.5, 0.6) is 0 Å². The highest BCUT2D eigenvalue weighted by Gasteiger charge is 2.31. The molecule has 1 aromatic carbocycles. The third-order valence-corrected chi connectivity index (χ3v) is 4.36. The lowest BCUT2D eigenvalue weighted by atomic mass is 9.89. The van der Waals surface area contributed by atoms with Crippen molar-refractivity contribution in [3.8, 4) is 0 Å². The molecule has 2 nitrogen and oxygen atoms in total. The van der Waals surface area contributed by atoms with E-state index >= 15 is 0 Å². The molecule has 0 bridgehead atoms. The summed E-state index contributed by atoms with van der Waals surface area (Å²) < 4.78 is 1.12. The fourth-order valence-electron chi connectivity index (χ4n) is 2.70. The van der Waals surface area contributed by atoms with Crippen molar-refractivity contribution in [2.75, 3.05) is 0 Å². The van der Waals surface area contributed by atoms with Gasteiger partial charge in [-0.2, -0.15) is 0 Å². The highest BCUT2D eigenvalue weighted by Crippen LogP contribution is 2.37. The average Bonchev–Trinajstić information content (AvgIpc) is 2.87. The second-order valence-corrected chi connectivity index (χ2v) is 5.61. The van der Waals surface area contributed by atoms with Crippen molar-refractivity contribution in [3.05, 3.63) is 34.4 Å². The van der Waals surface area contributed by atoms with E-state index in [0.29, 0.717) is 0 Å². The Labute approximate surface area is 103 Å². The fraction of sp³-hybridized carbons (Fsp3) is 0.385. The van der Waals surface area contributed by atoms with Gasteiger partial charge in [-0.3, -0.25) is 0 Å². The molecule has 3 heteroatoms. The number of benzene rings is 1. The van der Waals surface area contributed by atoms with Crippen molar-refractivity contribution < 1.29 is 0 Å². The minimum Gasteiger partial charge on any atom is -0.360 e. The van der Waals surface area contributed by atoms with E-state index in [9.17, 15) is 0 Å². The molecule has 0 amide bonds. The minimum atomic E-state index is -0.0915. The third-order valence-electron chi connectivity index (χ3n) is 3.70. The van der Waals surface area contributed by atoms with Crippen LogP contribution in [0.1, 0.15) is 31.2 Å². The first-order chi connectivity index (χ1) is 7.69. The van der Waals surface area contributed by atoms with E-state index in [0.717, 1.165) is 17.3 Å². The molecule has 16 heavy (non-hydrogen) atoms. The van der Waals surface area contributed by atoms with Gasteiger partial charge >= 0.3 is 0 Å². The predicted molar refractivity (Wildman–Crippen MR) is 70.3 cm³/mol. The summed E-state index contributed by atoms with van der Waals surface area (Å²) in [7, 11) is 0. The zero-order chi connectivity index (χ0) is 11.2. The van der Waals surface area contributed by atoms with Gasteiger partial charge in [-0.25, -0.2) is 0 Å². The molecule has 0 atom stereocenters. The van der Waals surface area contributed by atoms with Crippen LogP contribution in [0.15, 0.2) is 28.9 Å². The van der Waals surface area contributed by atoms with E-state index in [-0.39, 0.29) is 5.54 Å². The first kappa shape index (κ1) is 10.4. The molecule has 0 spiro atoms. The van der Waals surface area contributed by atoms with Crippen molar-refractivity contribution in [2.45, 2.75) is 31.2 Å². The largest absolute Gasteiger partial charge is 0.360 e. The van der Waals surface area contributed by atoms with Crippen LogP contribution in [0.4, 0.5) is 0 Å². The molecule has 1 saturated carbocycles. The van der Waals surface area contributed by atoms with Gasteiger partial charge in [0.25, 0.3) is 0 Å². The first-order valence-corrected chi connectivity index (χ1v) is 6.54. The van der Waals surface area contributed by atoms with Gasteiger partial charge in [-0.1, -0.05) is 25.0 Å². The quantitative estimate of drug-likeness (QED) is 0.821. The van der Waals surface area contributed by atoms with Gasteiger partial charge in [0.2, 0.25) is 0 Å². The smallest absolute Gasteiger partial charge is 0.0469 e. The number of nitrogens with two attached hydrogens (primary N) is 1. The highest BCUT2D eigenvalue weighted by molar-refractivity contribution is 9.10. The van der Waals surface area contributed by atoms with Crippen molar-refractivity contribution >= 4 is 26.8 Å². The fourth-order valence-corrected chi connectivity index (χ4v) is 3.16. The van der Waals surface area contributed by atoms with Gasteiger partial charge in [0, 0.05) is 27.1 Å². The molecule has 1 aromatic heterocycles. The van der Waals surface area contributed by atoms with E-state index in [4.69, 9.17) is 5.73 Å². The number of fused-ring (bicyclic) bond motifs is 1. The molecule has 0 radical (unpaired) electrons. The molecule has 3 rings (SSSR count). The zero-order valence-electron chi connectivity index (χ0n) is 9.09. The summed E-state index contributed by atoms with van der Waals surface area (Å²) in [6.07, 6.45) is 6.71. The monoisotopic (exact) mass is 278 g/mol. The molecule has 0 saturated heterocycles. The molecular formula is C13H15BrN2. The van der Waals surface area contributed by atoms with Crippen LogP contribution in [0.3, 0.4) is 0 Å². The third kappa shape index (κ3) is 1.50. The molecule has 1 aliphatic rings. The maximum absolute atomic E-state index is 6.45. The van der Waals surface area contributed by atoms with Crippen LogP contribution >= 0.6 is 15.9 Å². The number of hydrogen-bond donors (Lipinski definition) is 2. The standard InChI is InChI=1S/C13H15BrN2/c14-11-8-16-12-7-9(3-4-10(11)12)13(15)5-1-2-6-13/h3-4,7-8,16H,1-2,5-6,15H2. The second kappa shape index (κ2) is 3.60. The summed E-state index contributed by atoms with van der Waals surface area (Å²) in [5, 5.41) is 1.23. The lowest BCUT2D eigenvalue weighted by Gasteiger charge is -2.24. The van der Waals surface area contributed by atoms with Gasteiger partial charge in [0.05, 0.1) is 0 Å². The van der Waals surface area contributed by atoms with E-state index in [1.807, 2.05) is 6.20 Å². The zero-order valence-corrected chi connectivity index (χ0v) is 10.7. The van der Waals surface area contributed by atoms with Crippen LogP contribution < -0.4 is 5.73 Å². The van der Waals surface area contributed by atoms with Crippen LogP contribution in [0, 0.1) is 0 Å². The van der Waals surface area contributed by atoms with E-state index in [2.05, 4.69) is 39.1 Å². The van der Waals surface area contributed by atoms with Gasteiger partial charge < -0.3 is 10.7 Å². The number of rotatable bonds is 1. The van der Waals surface area contributed by atoms with Crippen LogP contribution in [-0.2, 0) is 5.54 Å². The van der Waals surface area contributed by atoms with Crippen LogP contribution in [0.25, 0.3) is 10.9 Å². The van der Waals surface area contributed by atoms with Gasteiger partial charge in [0.1, 0.15) is 0 Å². The number of H-pyrrole nitrogens is 1. The number of nitrogens with one attached hydrogen (secondary N) is 1. The summed E-state index contributed by atoms with van der Waals surface area (Å²) in [5.74, 6) is 0. The Balaban J connectivity index is 2.11. The topological polar surface area (TPSA) is 41.8 Å². The van der Waals surface area contributed by atoms with Crippen LogP contribution in [-0.4, -0.2) is 4.98 Å². The average molecular weight is 279 g/mol. The summed E-state index contributed by atoms with van der Waals surface area (Å²) in [5.41, 5.74) is 8.80. The Morgan fingerprint density at radius 1 is 1.25 bits per heavy atom. The molecule has 0 aliphatic heterocycles. The maximum Gasteiger partial charge on any atom is 0.0469 e. The van der Waals surface area contributed by atoms with Gasteiger partial charge in [-0.05, 0) is 40.4 Å². The van der Waals surface area contributed by atoms with Crippen LogP contribution in [0.2, 0.25) is 0 Å². The SMILES string of the molecule is NC1(c2ccc3c(Br)c[nH]c3c2)CCCC1. The number of aromatic amines is 1. The van der Waals surface area contributed by atoms with E-state index in [1.54, 1.807) is 0 Å². The number of halogens is 1. The van der Waals surface area contributed by atoms with Gasteiger partial charge in [-0.15, -0.1) is 0 Å². The molecule has 0 unspecified atom stereocenters. The number of hydrogen-bond acceptors (Lipinski definition) is 1. The Kier molecular flexibility index (Phi) is 2.33. The molecule has 1 aliphatic carbocycles. The molecule has 1 fully saturated rings. The summed E-state index contributed by atoms with van der Waals surface area (Å²) >= 11 is 3.53. The summed E-state index contributed by atoms with van der Waals surface area (Å²) in [6.45, 7) is 0. The molecule has 84 valence electrons. The Hall–Kier alpha value is -0.800. The molecule has 1 heterocycles. The first-order valence-electron chi connectivity index (χ1n) is 5.75. The van der Waals surface area contributed by atoms with E-state index in [1.165, 1.54) is 29.3 Å². The Bertz CT molecular complexity index is 524. The maximum atomic E-state index is 6.45. The lowest BCUT2D eigenvalue weighted by molar-refractivity contribution is 0.462. The predicted octanol–water partition coefficient (Wildman–Crippen LogP) is 3.66. The second-order valence-electron chi connectivity index (χ2n) is 4.76. The normalized spacial score (nSPS) is 19.4. The van der Waals surface area contributed by atoms with Gasteiger partial charge in [0.15, 0.2) is 0 Å². The molecule has 3 N–H and O–H groups in total. The molecule has 2 aromatic rings. The van der Waals surface area contributed by atoms with Crippen molar-refractivity contribution in [1.29, 1.82) is 0 Å². The molecular weight excluding hydrogens is 264 g/mol. The van der Waals surface area contributed by atoms with Crippen molar-refractivity contribution in [3.63, 3.8) is 0 Å². The highest BCUT2D eigenvalue weighted by atomic mass is 79.9. The summed E-state index contributed by atoms with van der Waals surface area (Å²) in [6, 6.07) is 6.52. The van der Waals surface area contributed by atoms with E-state index < -0.39 is 0 Å². The van der Waals surface area contributed by atoms with Crippen molar-refractivity contribution in [2.24, 2.45) is 5.73 Å². The number of aromatic nitrogens is 1. The van der Waals surface area contributed by atoms with Crippen molar-refractivity contribution in [1.82, 2.24) is 4.98 Å².